The Balaban J connectivity index is 1.69. The average molecular weight is 435 g/mol. The van der Waals surface area contributed by atoms with Crippen LogP contribution in [0.3, 0.4) is 0 Å². The quantitative estimate of drug-likeness (QED) is 0.799. The van der Waals surface area contributed by atoms with Crippen molar-refractivity contribution in [2.45, 2.75) is 63.1 Å². The predicted octanol–water partition coefficient (Wildman–Crippen LogP) is 2.59. The lowest BCUT2D eigenvalue weighted by Gasteiger charge is -2.35. The van der Waals surface area contributed by atoms with E-state index in [-0.39, 0.29) is 10.5 Å². The molecule has 2 aliphatic rings. The second-order valence-corrected chi connectivity index (χ2v) is 10.2. The van der Waals surface area contributed by atoms with Crippen LogP contribution in [0, 0.1) is 5.82 Å². The molecule has 7 nitrogen and oxygen atoms in total. The second kappa shape index (κ2) is 8.20. The molecule has 1 saturated heterocycles. The van der Waals surface area contributed by atoms with E-state index in [1.807, 2.05) is 0 Å². The van der Waals surface area contributed by atoms with Crippen LogP contribution in [0.25, 0.3) is 0 Å². The molecule has 162 valence electrons. The van der Waals surface area contributed by atoms with E-state index < -0.39 is 21.9 Å². The molecule has 0 bridgehead atoms. The Morgan fingerprint density at radius 3 is 2.60 bits per heavy atom. The lowest BCUT2D eigenvalue weighted by molar-refractivity contribution is 0.198. The van der Waals surface area contributed by atoms with E-state index in [1.54, 1.807) is 0 Å². The van der Waals surface area contributed by atoms with Gasteiger partial charge < -0.3 is 4.98 Å². The van der Waals surface area contributed by atoms with Crippen molar-refractivity contribution in [1.29, 1.82) is 0 Å². The van der Waals surface area contributed by atoms with E-state index in [2.05, 4.69) is 23.7 Å². The molecule has 0 aliphatic carbocycles. The summed E-state index contributed by atoms with van der Waals surface area (Å²) in [4.78, 5) is 22.7. The van der Waals surface area contributed by atoms with Crippen molar-refractivity contribution in [3.63, 3.8) is 0 Å². The van der Waals surface area contributed by atoms with Crippen LogP contribution in [0.15, 0.2) is 34.0 Å². The third-order valence-electron chi connectivity index (χ3n) is 6.04. The number of halogens is 1. The minimum atomic E-state index is -3.83. The Morgan fingerprint density at radius 2 is 1.90 bits per heavy atom. The third kappa shape index (κ3) is 3.93. The maximum absolute atomic E-state index is 13.3. The van der Waals surface area contributed by atoms with Crippen LogP contribution in [0.2, 0.25) is 0 Å². The molecule has 30 heavy (non-hydrogen) atoms. The zero-order chi connectivity index (χ0) is 21.5. The van der Waals surface area contributed by atoms with Crippen LogP contribution >= 0.6 is 0 Å². The van der Waals surface area contributed by atoms with Gasteiger partial charge in [0.1, 0.15) is 11.6 Å². The molecular formula is C21H27FN4O3S. The molecule has 1 fully saturated rings. The highest BCUT2D eigenvalue weighted by atomic mass is 32.2. The molecule has 0 spiro atoms. The van der Waals surface area contributed by atoms with Crippen LogP contribution in [0.5, 0.6) is 0 Å². The smallest absolute Gasteiger partial charge is 0.255 e. The first-order chi connectivity index (χ1) is 14.3. The molecule has 1 aromatic heterocycles. The fraction of sp³-hybridized carbons (Fsp3) is 0.524. The molecule has 0 radical (unpaired) electrons. The van der Waals surface area contributed by atoms with Crippen LogP contribution in [-0.4, -0.2) is 46.7 Å². The van der Waals surface area contributed by atoms with Gasteiger partial charge in [0, 0.05) is 32.1 Å². The standard InChI is InChI=1S/C21H27FN4O3S/c1-14(2)25-12-10-18-17(13-25)21(27)24-20(23-18)19-5-3-4-11-26(19)30(28,29)16-8-6-15(22)7-9-16/h6-9,14,19H,3-5,10-13H2,1-2H3,(H,23,24,27)/t19-/m1/s1. The van der Waals surface area contributed by atoms with Crippen molar-refractivity contribution >= 4 is 10.0 Å². The van der Waals surface area contributed by atoms with Gasteiger partial charge in [-0.25, -0.2) is 17.8 Å². The number of benzene rings is 1. The van der Waals surface area contributed by atoms with Crippen LogP contribution < -0.4 is 5.56 Å². The molecule has 4 rings (SSSR count). The summed E-state index contributed by atoms with van der Waals surface area (Å²) in [5, 5.41) is 0. The number of piperidine rings is 1. The largest absolute Gasteiger partial charge is 0.309 e. The molecule has 0 unspecified atom stereocenters. The number of aromatic nitrogens is 2. The first-order valence-electron chi connectivity index (χ1n) is 10.4. The van der Waals surface area contributed by atoms with E-state index in [0.717, 1.165) is 37.2 Å². The van der Waals surface area contributed by atoms with Gasteiger partial charge >= 0.3 is 0 Å². The number of hydrogen-bond donors (Lipinski definition) is 1. The number of nitrogens with one attached hydrogen (secondary N) is 1. The molecule has 3 heterocycles. The van der Waals surface area contributed by atoms with Crippen molar-refractivity contribution in [2.75, 3.05) is 13.1 Å². The van der Waals surface area contributed by atoms with E-state index >= 15 is 0 Å². The summed E-state index contributed by atoms with van der Waals surface area (Å²) in [5.41, 5.74) is 1.24. The van der Waals surface area contributed by atoms with Crippen molar-refractivity contribution < 1.29 is 12.8 Å². The maximum Gasteiger partial charge on any atom is 0.255 e. The van der Waals surface area contributed by atoms with Gasteiger partial charge in [0.2, 0.25) is 10.0 Å². The summed E-state index contributed by atoms with van der Waals surface area (Å²) in [6.45, 7) is 5.91. The second-order valence-electron chi connectivity index (χ2n) is 8.27. The number of nitrogens with zero attached hydrogens (tertiary/aromatic N) is 3. The SMILES string of the molecule is CC(C)N1CCc2nc([C@H]3CCCCN3S(=O)(=O)c3ccc(F)cc3)[nH]c(=O)c2C1. The molecule has 0 amide bonds. The van der Waals surface area contributed by atoms with Crippen molar-refractivity contribution in [1.82, 2.24) is 19.2 Å². The van der Waals surface area contributed by atoms with Gasteiger partial charge in [-0.3, -0.25) is 9.69 Å². The zero-order valence-electron chi connectivity index (χ0n) is 17.3. The molecule has 2 aromatic rings. The van der Waals surface area contributed by atoms with Gasteiger partial charge in [0.15, 0.2) is 0 Å². The van der Waals surface area contributed by atoms with E-state index in [1.165, 1.54) is 16.4 Å². The van der Waals surface area contributed by atoms with Gasteiger partial charge in [0.05, 0.1) is 22.2 Å². The van der Waals surface area contributed by atoms with Crippen molar-refractivity contribution in [2.24, 2.45) is 0 Å². The van der Waals surface area contributed by atoms with Gasteiger partial charge in [-0.1, -0.05) is 6.42 Å². The van der Waals surface area contributed by atoms with Crippen molar-refractivity contribution in [3.05, 3.63) is 57.5 Å². The summed E-state index contributed by atoms with van der Waals surface area (Å²) in [6, 6.07) is 4.65. The first-order valence-corrected chi connectivity index (χ1v) is 11.8. The molecule has 1 aromatic carbocycles. The number of fused-ring (bicyclic) bond motifs is 1. The van der Waals surface area contributed by atoms with Crippen LogP contribution in [-0.2, 0) is 23.0 Å². The topological polar surface area (TPSA) is 86.4 Å². The molecule has 2 aliphatic heterocycles. The third-order valence-corrected chi connectivity index (χ3v) is 7.96. The maximum atomic E-state index is 13.3. The monoisotopic (exact) mass is 434 g/mol. The molecule has 1 atom stereocenters. The summed E-state index contributed by atoms with van der Waals surface area (Å²) in [6.07, 6.45) is 2.83. The van der Waals surface area contributed by atoms with Gasteiger partial charge in [-0.2, -0.15) is 4.31 Å². The van der Waals surface area contributed by atoms with Gasteiger partial charge in [0.25, 0.3) is 5.56 Å². The first kappa shape index (κ1) is 21.1. The molecule has 9 heteroatoms. The Morgan fingerprint density at radius 1 is 1.17 bits per heavy atom. The number of H-pyrrole nitrogens is 1. The normalized spacial score (nSPS) is 21.0. The van der Waals surface area contributed by atoms with E-state index in [9.17, 15) is 17.6 Å². The Labute approximate surface area is 176 Å². The highest BCUT2D eigenvalue weighted by molar-refractivity contribution is 7.89. The Kier molecular flexibility index (Phi) is 5.78. The Hall–Kier alpha value is -2.10. The van der Waals surface area contributed by atoms with Gasteiger partial charge in [-0.05, 0) is 51.0 Å². The lowest BCUT2D eigenvalue weighted by Crippen LogP contribution is -2.42. The minimum Gasteiger partial charge on any atom is -0.309 e. The van der Waals surface area contributed by atoms with Gasteiger partial charge in [-0.15, -0.1) is 0 Å². The van der Waals surface area contributed by atoms with Crippen LogP contribution in [0.1, 0.15) is 56.2 Å². The number of sulfonamides is 1. The number of hydrogen-bond acceptors (Lipinski definition) is 5. The van der Waals surface area contributed by atoms with Crippen molar-refractivity contribution in [3.8, 4) is 0 Å². The van der Waals surface area contributed by atoms with Crippen LogP contribution in [0.4, 0.5) is 4.39 Å². The average Bonchev–Trinajstić information content (AvgIpc) is 2.73. The fourth-order valence-electron chi connectivity index (χ4n) is 4.27. The number of rotatable bonds is 4. The highest BCUT2D eigenvalue weighted by Crippen LogP contribution is 2.34. The predicted molar refractivity (Wildman–Crippen MR) is 111 cm³/mol. The minimum absolute atomic E-state index is 0.0451. The molecule has 0 saturated carbocycles. The fourth-order valence-corrected chi connectivity index (χ4v) is 5.93. The zero-order valence-corrected chi connectivity index (χ0v) is 18.1. The molecular weight excluding hydrogens is 407 g/mol. The lowest BCUT2D eigenvalue weighted by atomic mass is 10.0. The summed E-state index contributed by atoms with van der Waals surface area (Å²) < 4.78 is 41.2. The summed E-state index contributed by atoms with van der Waals surface area (Å²) in [5.74, 6) is -0.0811. The molecule has 1 N–H and O–H groups in total. The van der Waals surface area contributed by atoms with E-state index in [4.69, 9.17) is 4.98 Å². The highest BCUT2D eigenvalue weighted by Gasteiger charge is 2.36. The summed E-state index contributed by atoms with van der Waals surface area (Å²) in [7, 11) is -3.83. The number of aromatic amines is 1. The van der Waals surface area contributed by atoms with E-state index in [0.29, 0.717) is 43.4 Å². The Bertz CT molecular complexity index is 1080. The summed E-state index contributed by atoms with van der Waals surface area (Å²) >= 11 is 0.